The lowest BCUT2D eigenvalue weighted by Crippen LogP contribution is -1.99. The van der Waals surface area contributed by atoms with Crippen LogP contribution in [0.5, 0.6) is 0 Å². The van der Waals surface area contributed by atoms with Crippen LogP contribution in [0, 0.1) is 6.92 Å². The predicted octanol–water partition coefficient (Wildman–Crippen LogP) is 3.35. The van der Waals surface area contributed by atoms with E-state index in [1.54, 1.807) is 6.07 Å². The molecule has 0 saturated carbocycles. The summed E-state index contributed by atoms with van der Waals surface area (Å²) in [7, 11) is 0. The second-order valence-electron chi connectivity index (χ2n) is 4.55. The smallest absolute Gasteiger partial charge is 0.336 e. The highest BCUT2D eigenvalue weighted by Crippen LogP contribution is 2.30. The third-order valence-corrected chi connectivity index (χ3v) is 3.20. The van der Waals surface area contributed by atoms with Crippen LogP contribution in [0.4, 0.5) is 5.69 Å². The van der Waals surface area contributed by atoms with E-state index in [2.05, 4.69) is 0 Å². The maximum atomic E-state index is 11.7. The van der Waals surface area contributed by atoms with Gasteiger partial charge in [-0.2, -0.15) is 0 Å². The van der Waals surface area contributed by atoms with Gasteiger partial charge in [0, 0.05) is 28.8 Å². The van der Waals surface area contributed by atoms with Crippen molar-refractivity contribution >= 4 is 16.7 Å². The van der Waals surface area contributed by atoms with Gasteiger partial charge in [-0.25, -0.2) is 4.79 Å². The molecule has 3 heteroatoms. The number of hydrogen-bond acceptors (Lipinski definition) is 3. The van der Waals surface area contributed by atoms with Crippen LogP contribution >= 0.6 is 0 Å². The molecule has 0 fully saturated rings. The Balaban J connectivity index is 2.41. The standard InChI is InChI=1S/C16H13NO2/c1-10-4-2-3-5-12(10)14-9-16(18)19-15-8-11(17)6-7-13(14)15/h2-9H,17H2,1H3. The van der Waals surface area contributed by atoms with Gasteiger partial charge in [0.1, 0.15) is 5.58 Å². The minimum atomic E-state index is -0.364. The Labute approximate surface area is 110 Å². The number of aryl methyl sites for hydroxylation is 1. The lowest BCUT2D eigenvalue weighted by atomic mass is 9.98. The highest BCUT2D eigenvalue weighted by molar-refractivity contribution is 5.95. The number of fused-ring (bicyclic) bond motifs is 1. The van der Waals surface area contributed by atoms with Gasteiger partial charge >= 0.3 is 5.63 Å². The second kappa shape index (κ2) is 4.28. The molecule has 3 rings (SSSR count). The Morgan fingerprint density at radius 2 is 1.79 bits per heavy atom. The molecule has 19 heavy (non-hydrogen) atoms. The van der Waals surface area contributed by atoms with Crippen molar-refractivity contribution in [3.63, 3.8) is 0 Å². The van der Waals surface area contributed by atoms with Crippen molar-refractivity contribution in [2.75, 3.05) is 5.73 Å². The van der Waals surface area contributed by atoms with E-state index in [0.717, 1.165) is 22.1 Å². The van der Waals surface area contributed by atoms with E-state index < -0.39 is 0 Å². The number of hydrogen-bond donors (Lipinski definition) is 1. The fourth-order valence-corrected chi connectivity index (χ4v) is 2.28. The topological polar surface area (TPSA) is 56.2 Å². The summed E-state index contributed by atoms with van der Waals surface area (Å²) in [6, 6.07) is 14.9. The minimum Gasteiger partial charge on any atom is -0.423 e. The van der Waals surface area contributed by atoms with Crippen LogP contribution in [0.25, 0.3) is 22.1 Å². The molecule has 2 N–H and O–H groups in total. The third kappa shape index (κ3) is 1.99. The lowest BCUT2D eigenvalue weighted by Gasteiger charge is -2.08. The third-order valence-electron chi connectivity index (χ3n) is 3.20. The van der Waals surface area contributed by atoms with Crippen LogP contribution in [-0.4, -0.2) is 0 Å². The van der Waals surface area contributed by atoms with Gasteiger partial charge in [-0.1, -0.05) is 24.3 Å². The minimum absolute atomic E-state index is 0.364. The van der Waals surface area contributed by atoms with Gasteiger partial charge in [0.25, 0.3) is 0 Å². The first-order valence-corrected chi connectivity index (χ1v) is 6.04. The molecule has 0 saturated heterocycles. The largest absolute Gasteiger partial charge is 0.423 e. The van der Waals surface area contributed by atoms with Crippen molar-refractivity contribution in [1.82, 2.24) is 0 Å². The van der Waals surface area contributed by atoms with E-state index in [-0.39, 0.29) is 5.63 Å². The highest BCUT2D eigenvalue weighted by atomic mass is 16.4. The summed E-state index contributed by atoms with van der Waals surface area (Å²) < 4.78 is 5.21. The summed E-state index contributed by atoms with van der Waals surface area (Å²) >= 11 is 0. The molecule has 0 aliphatic rings. The maximum Gasteiger partial charge on any atom is 0.336 e. The van der Waals surface area contributed by atoms with Crippen molar-refractivity contribution in [2.24, 2.45) is 0 Å². The summed E-state index contributed by atoms with van der Waals surface area (Å²) in [4.78, 5) is 11.7. The molecule has 3 aromatic rings. The number of anilines is 1. The Hall–Kier alpha value is -2.55. The first-order chi connectivity index (χ1) is 9.15. The van der Waals surface area contributed by atoms with E-state index in [1.165, 1.54) is 6.07 Å². The average molecular weight is 251 g/mol. The Morgan fingerprint density at radius 3 is 2.58 bits per heavy atom. The SMILES string of the molecule is Cc1ccccc1-c1cc(=O)oc2cc(N)ccc12. The molecule has 0 spiro atoms. The van der Waals surface area contributed by atoms with Crippen LogP contribution < -0.4 is 11.4 Å². The normalized spacial score (nSPS) is 10.8. The molecule has 0 amide bonds. The Bertz CT molecular complexity index is 818. The van der Waals surface area contributed by atoms with Gasteiger partial charge in [-0.15, -0.1) is 0 Å². The number of nitrogens with two attached hydrogens (primary N) is 1. The zero-order valence-electron chi connectivity index (χ0n) is 10.5. The fraction of sp³-hybridized carbons (Fsp3) is 0.0625. The van der Waals surface area contributed by atoms with E-state index in [9.17, 15) is 4.79 Å². The molecular weight excluding hydrogens is 238 g/mol. The van der Waals surface area contributed by atoms with Crippen molar-refractivity contribution in [2.45, 2.75) is 6.92 Å². The van der Waals surface area contributed by atoms with Gasteiger partial charge in [0.2, 0.25) is 0 Å². The van der Waals surface area contributed by atoms with Crippen molar-refractivity contribution in [3.05, 3.63) is 64.5 Å². The van der Waals surface area contributed by atoms with Crippen molar-refractivity contribution < 1.29 is 4.42 Å². The molecule has 1 heterocycles. The molecule has 0 unspecified atom stereocenters. The lowest BCUT2D eigenvalue weighted by molar-refractivity contribution is 0.562. The molecule has 0 aliphatic heterocycles. The maximum absolute atomic E-state index is 11.7. The molecular formula is C16H13NO2. The molecule has 1 aromatic heterocycles. The molecule has 3 nitrogen and oxygen atoms in total. The van der Waals surface area contributed by atoms with Crippen LogP contribution in [0.1, 0.15) is 5.56 Å². The zero-order valence-corrected chi connectivity index (χ0v) is 10.5. The molecule has 0 aliphatic carbocycles. The van der Waals surface area contributed by atoms with Gasteiger partial charge < -0.3 is 10.2 Å². The summed E-state index contributed by atoms with van der Waals surface area (Å²) in [5, 5.41) is 0.892. The fourth-order valence-electron chi connectivity index (χ4n) is 2.28. The van der Waals surface area contributed by atoms with Crippen LogP contribution in [-0.2, 0) is 0 Å². The summed E-state index contributed by atoms with van der Waals surface area (Å²) in [6.07, 6.45) is 0. The zero-order chi connectivity index (χ0) is 13.4. The molecule has 0 bridgehead atoms. The molecule has 94 valence electrons. The predicted molar refractivity (Wildman–Crippen MR) is 77.1 cm³/mol. The van der Waals surface area contributed by atoms with Crippen molar-refractivity contribution in [3.8, 4) is 11.1 Å². The number of nitrogen functional groups attached to an aromatic ring is 1. The average Bonchev–Trinajstić information content (AvgIpc) is 2.38. The summed E-state index contributed by atoms with van der Waals surface area (Å²) in [5.74, 6) is 0. The highest BCUT2D eigenvalue weighted by Gasteiger charge is 2.09. The molecule has 0 atom stereocenters. The van der Waals surface area contributed by atoms with Crippen molar-refractivity contribution in [1.29, 1.82) is 0 Å². The van der Waals surface area contributed by atoms with E-state index in [0.29, 0.717) is 11.3 Å². The van der Waals surface area contributed by atoms with Crippen LogP contribution in [0.3, 0.4) is 0 Å². The van der Waals surface area contributed by atoms with Gasteiger partial charge in [-0.05, 0) is 30.2 Å². The number of benzene rings is 2. The van der Waals surface area contributed by atoms with Gasteiger partial charge in [0.05, 0.1) is 0 Å². The second-order valence-corrected chi connectivity index (χ2v) is 4.55. The Morgan fingerprint density at radius 1 is 1.00 bits per heavy atom. The van der Waals surface area contributed by atoms with Gasteiger partial charge in [-0.3, -0.25) is 0 Å². The van der Waals surface area contributed by atoms with Gasteiger partial charge in [0.15, 0.2) is 0 Å². The van der Waals surface area contributed by atoms with E-state index in [1.807, 2.05) is 43.3 Å². The van der Waals surface area contributed by atoms with Crippen LogP contribution in [0.15, 0.2) is 57.7 Å². The summed E-state index contributed by atoms with van der Waals surface area (Å²) in [5.41, 5.74) is 9.49. The first kappa shape index (κ1) is 11.5. The van der Waals surface area contributed by atoms with E-state index >= 15 is 0 Å². The first-order valence-electron chi connectivity index (χ1n) is 6.04. The quantitative estimate of drug-likeness (QED) is 0.533. The number of rotatable bonds is 1. The monoisotopic (exact) mass is 251 g/mol. The van der Waals surface area contributed by atoms with E-state index in [4.69, 9.17) is 10.2 Å². The molecule has 0 radical (unpaired) electrons. The molecule has 2 aromatic carbocycles. The Kier molecular flexibility index (Phi) is 2.60. The summed E-state index contributed by atoms with van der Waals surface area (Å²) in [6.45, 7) is 2.02. The van der Waals surface area contributed by atoms with Crippen LogP contribution in [0.2, 0.25) is 0 Å².